The Morgan fingerprint density at radius 1 is 1.27 bits per heavy atom. The number of nitro groups is 1. The fraction of sp³-hybridized carbons (Fsp3) is 0.167. The predicted octanol–water partition coefficient (Wildman–Crippen LogP) is 5.12. The third kappa shape index (κ3) is 4.89. The zero-order valence-corrected chi connectivity index (χ0v) is 14.8. The Kier molecular flexibility index (Phi) is 6.46. The van der Waals surface area contributed by atoms with E-state index in [-0.39, 0.29) is 27.7 Å². The summed E-state index contributed by atoms with van der Waals surface area (Å²) in [5.74, 6) is -2.79. The molecule has 0 amide bonds. The molecule has 0 fully saturated rings. The van der Waals surface area contributed by atoms with Gasteiger partial charge in [0.05, 0.1) is 16.9 Å². The number of ketones is 1. The Hall–Kier alpha value is -2.74. The van der Waals surface area contributed by atoms with E-state index < -0.39 is 10.7 Å². The molecule has 0 spiro atoms. The number of aryl methyl sites for hydroxylation is 1. The molecule has 0 bridgehead atoms. The van der Waals surface area contributed by atoms with Crippen LogP contribution in [0.1, 0.15) is 21.5 Å². The highest BCUT2D eigenvalue weighted by Crippen LogP contribution is 2.34. The SMILES string of the molecule is COc1cc(C(=O)C=Cc2ccc(C)c([N+](=O)[O-])c2)ccc1SC(F)F. The van der Waals surface area contributed by atoms with Crippen LogP contribution in [0.15, 0.2) is 47.4 Å². The Morgan fingerprint density at radius 3 is 2.62 bits per heavy atom. The first-order chi connectivity index (χ1) is 12.3. The highest BCUT2D eigenvalue weighted by molar-refractivity contribution is 7.99. The van der Waals surface area contributed by atoms with Crippen molar-refractivity contribution in [3.8, 4) is 5.75 Å². The minimum atomic E-state index is -2.59. The molecule has 0 N–H and O–H groups in total. The van der Waals surface area contributed by atoms with Crippen LogP contribution in [0.2, 0.25) is 0 Å². The molecule has 8 heteroatoms. The van der Waals surface area contributed by atoms with Gasteiger partial charge in [-0.15, -0.1) is 0 Å². The largest absolute Gasteiger partial charge is 0.496 e. The molecule has 0 aliphatic carbocycles. The van der Waals surface area contributed by atoms with Gasteiger partial charge in [-0.05, 0) is 36.8 Å². The van der Waals surface area contributed by atoms with Gasteiger partial charge in [-0.25, -0.2) is 0 Å². The van der Waals surface area contributed by atoms with Crippen LogP contribution in [0.3, 0.4) is 0 Å². The van der Waals surface area contributed by atoms with Gasteiger partial charge >= 0.3 is 0 Å². The van der Waals surface area contributed by atoms with E-state index in [1.807, 2.05) is 0 Å². The molecule has 136 valence electrons. The van der Waals surface area contributed by atoms with Gasteiger partial charge < -0.3 is 4.74 Å². The number of hydrogen-bond donors (Lipinski definition) is 0. The highest BCUT2D eigenvalue weighted by atomic mass is 32.2. The quantitative estimate of drug-likeness (QED) is 0.219. The Bertz CT molecular complexity index is 868. The van der Waals surface area contributed by atoms with Crippen molar-refractivity contribution < 1.29 is 23.2 Å². The summed E-state index contributed by atoms with van der Waals surface area (Å²) in [6.07, 6.45) is 2.73. The fourth-order valence-corrected chi connectivity index (χ4v) is 2.81. The number of rotatable bonds is 7. The number of alkyl halides is 2. The van der Waals surface area contributed by atoms with E-state index in [0.29, 0.717) is 22.9 Å². The van der Waals surface area contributed by atoms with E-state index in [2.05, 4.69) is 0 Å². The van der Waals surface area contributed by atoms with E-state index in [4.69, 9.17) is 4.74 Å². The summed E-state index contributed by atoms with van der Waals surface area (Å²) < 4.78 is 30.1. The normalized spacial score (nSPS) is 11.1. The molecular weight excluding hydrogens is 364 g/mol. The number of nitrogens with zero attached hydrogens (tertiary/aromatic N) is 1. The van der Waals surface area contributed by atoms with Crippen LogP contribution >= 0.6 is 11.8 Å². The third-order valence-electron chi connectivity index (χ3n) is 3.52. The van der Waals surface area contributed by atoms with E-state index >= 15 is 0 Å². The van der Waals surface area contributed by atoms with Gasteiger partial charge in [0.15, 0.2) is 5.78 Å². The Morgan fingerprint density at radius 2 is 2.00 bits per heavy atom. The molecule has 2 aromatic rings. The minimum absolute atomic E-state index is 0.0327. The topological polar surface area (TPSA) is 69.4 Å². The molecule has 0 saturated heterocycles. The molecule has 0 aliphatic heterocycles. The summed E-state index contributed by atoms with van der Waals surface area (Å²) in [4.78, 5) is 23.0. The average Bonchev–Trinajstić information content (AvgIpc) is 2.60. The lowest BCUT2D eigenvalue weighted by molar-refractivity contribution is -0.385. The smallest absolute Gasteiger partial charge is 0.289 e. The van der Waals surface area contributed by atoms with Crippen LogP contribution in [0.25, 0.3) is 6.08 Å². The third-order valence-corrected chi connectivity index (χ3v) is 4.29. The zero-order chi connectivity index (χ0) is 19.3. The van der Waals surface area contributed by atoms with Crippen molar-refractivity contribution in [3.63, 3.8) is 0 Å². The zero-order valence-electron chi connectivity index (χ0n) is 13.9. The van der Waals surface area contributed by atoms with Crippen LogP contribution in [-0.4, -0.2) is 23.6 Å². The second-order valence-electron chi connectivity index (χ2n) is 5.24. The van der Waals surface area contributed by atoms with Crippen LogP contribution < -0.4 is 4.74 Å². The van der Waals surface area contributed by atoms with Gasteiger partial charge in [-0.3, -0.25) is 14.9 Å². The van der Waals surface area contributed by atoms with Crippen molar-refractivity contribution in [1.82, 2.24) is 0 Å². The van der Waals surface area contributed by atoms with Crippen LogP contribution in [0.4, 0.5) is 14.5 Å². The van der Waals surface area contributed by atoms with Crippen molar-refractivity contribution >= 4 is 29.3 Å². The minimum Gasteiger partial charge on any atom is -0.496 e. The predicted molar refractivity (Wildman–Crippen MR) is 96.1 cm³/mol. The standard InChI is InChI=1S/C18H15F2NO4S/c1-11-3-4-12(9-14(11)21(23)24)5-7-15(22)13-6-8-17(26-18(19)20)16(10-13)25-2/h3-10,18H,1-2H3. The lowest BCUT2D eigenvalue weighted by Gasteiger charge is -2.08. The van der Waals surface area contributed by atoms with Gasteiger partial charge in [0.2, 0.25) is 0 Å². The summed E-state index contributed by atoms with van der Waals surface area (Å²) >= 11 is 0.334. The van der Waals surface area contributed by atoms with E-state index in [0.717, 1.165) is 0 Å². The molecule has 0 atom stereocenters. The number of carbonyl (C=O) groups is 1. The monoisotopic (exact) mass is 379 g/mol. The number of nitro benzene ring substituents is 1. The highest BCUT2D eigenvalue weighted by Gasteiger charge is 2.14. The molecule has 26 heavy (non-hydrogen) atoms. The average molecular weight is 379 g/mol. The number of carbonyl (C=O) groups excluding carboxylic acids is 1. The molecule has 0 aromatic heterocycles. The van der Waals surface area contributed by atoms with Crippen molar-refractivity contribution in [1.29, 1.82) is 0 Å². The second-order valence-corrected chi connectivity index (χ2v) is 6.28. The number of thioether (sulfide) groups is 1. The number of methoxy groups -OCH3 is 1. The Balaban J connectivity index is 2.23. The molecule has 0 heterocycles. The van der Waals surface area contributed by atoms with E-state index in [9.17, 15) is 23.7 Å². The summed E-state index contributed by atoms with van der Waals surface area (Å²) in [7, 11) is 1.33. The molecule has 0 saturated carbocycles. The molecule has 0 radical (unpaired) electrons. The number of benzene rings is 2. The number of ether oxygens (including phenoxy) is 1. The molecule has 2 rings (SSSR count). The van der Waals surface area contributed by atoms with Gasteiger partial charge in [-0.2, -0.15) is 8.78 Å². The number of hydrogen-bond acceptors (Lipinski definition) is 5. The Labute approximate surface area is 152 Å². The van der Waals surface area contributed by atoms with Crippen molar-refractivity contribution in [2.75, 3.05) is 7.11 Å². The second kappa shape index (κ2) is 8.57. The maximum atomic E-state index is 12.5. The summed E-state index contributed by atoms with van der Waals surface area (Å²) in [5.41, 5.74) is 1.26. The van der Waals surface area contributed by atoms with E-state index in [1.165, 1.54) is 43.5 Å². The summed E-state index contributed by atoms with van der Waals surface area (Å²) in [6.45, 7) is 1.63. The molecule has 0 unspecified atom stereocenters. The van der Waals surface area contributed by atoms with Crippen LogP contribution in [0.5, 0.6) is 5.75 Å². The first-order valence-corrected chi connectivity index (χ1v) is 8.30. The van der Waals surface area contributed by atoms with Crippen molar-refractivity contribution in [3.05, 3.63) is 69.3 Å². The summed E-state index contributed by atoms with van der Waals surface area (Å²) in [6, 6.07) is 8.85. The number of allylic oxidation sites excluding steroid dienone is 1. The van der Waals surface area contributed by atoms with Gasteiger partial charge in [-0.1, -0.05) is 30.0 Å². The lowest BCUT2D eigenvalue weighted by atomic mass is 10.1. The maximum absolute atomic E-state index is 12.5. The lowest BCUT2D eigenvalue weighted by Crippen LogP contribution is -1.97. The number of halogens is 2. The van der Waals surface area contributed by atoms with E-state index in [1.54, 1.807) is 19.1 Å². The van der Waals surface area contributed by atoms with Gasteiger partial charge in [0.1, 0.15) is 5.75 Å². The maximum Gasteiger partial charge on any atom is 0.289 e. The fourth-order valence-electron chi connectivity index (χ4n) is 2.21. The van der Waals surface area contributed by atoms with Gasteiger partial charge in [0, 0.05) is 17.2 Å². The molecule has 5 nitrogen and oxygen atoms in total. The first-order valence-electron chi connectivity index (χ1n) is 7.42. The summed E-state index contributed by atoms with van der Waals surface area (Å²) in [5, 5.41) is 11.0. The van der Waals surface area contributed by atoms with Crippen molar-refractivity contribution in [2.24, 2.45) is 0 Å². The van der Waals surface area contributed by atoms with Crippen LogP contribution in [-0.2, 0) is 0 Å². The van der Waals surface area contributed by atoms with Crippen molar-refractivity contribution in [2.45, 2.75) is 17.6 Å². The molecular formula is C18H15F2NO4S. The molecule has 2 aromatic carbocycles. The first kappa shape index (κ1) is 19.6. The van der Waals surface area contributed by atoms with Crippen LogP contribution in [0, 0.1) is 17.0 Å². The molecule has 0 aliphatic rings. The van der Waals surface area contributed by atoms with Gasteiger partial charge in [0.25, 0.3) is 11.4 Å².